The van der Waals surface area contributed by atoms with E-state index in [2.05, 4.69) is 5.43 Å². The highest BCUT2D eigenvalue weighted by atomic mass is 32.1. The Labute approximate surface area is 106 Å². The average Bonchev–Trinajstić information content (AvgIpc) is 2.40. The van der Waals surface area contributed by atoms with Crippen LogP contribution in [-0.2, 0) is 0 Å². The van der Waals surface area contributed by atoms with E-state index < -0.39 is 0 Å². The molecule has 0 saturated heterocycles. The first-order valence-electron chi connectivity index (χ1n) is 5.21. The first kappa shape index (κ1) is 11.5. The summed E-state index contributed by atoms with van der Waals surface area (Å²) in [5, 5.41) is 0. The number of benzene rings is 1. The Morgan fingerprint density at radius 3 is 2.35 bits per heavy atom. The minimum atomic E-state index is 0.670. The predicted octanol–water partition coefficient (Wildman–Crippen LogP) is 1.90. The first-order chi connectivity index (χ1) is 8.29. The second kappa shape index (κ2) is 5.41. The number of pyridine rings is 1. The second-order valence-electron chi connectivity index (χ2n) is 3.45. The van der Waals surface area contributed by atoms with Crippen molar-refractivity contribution in [3.05, 3.63) is 60.4 Å². The van der Waals surface area contributed by atoms with Gasteiger partial charge in [-0.25, -0.2) is 0 Å². The van der Waals surface area contributed by atoms with Gasteiger partial charge in [0.1, 0.15) is 5.75 Å². The van der Waals surface area contributed by atoms with Crippen LogP contribution < -0.4 is 14.8 Å². The summed E-state index contributed by atoms with van der Waals surface area (Å²) >= 11 is 5.31. The van der Waals surface area contributed by atoms with E-state index in [1.54, 1.807) is 7.11 Å². The van der Waals surface area contributed by atoms with Crippen molar-refractivity contribution in [2.24, 2.45) is 0 Å². The van der Waals surface area contributed by atoms with E-state index in [0.717, 1.165) is 11.3 Å². The fourth-order valence-electron chi connectivity index (χ4n) is 1.40. The molecule has 0 atom stereocenters. The Morgan fingerprint density at radius 2 is 1.76 bits per heavy atom. The van der Waals surface area contributed by atoms with E-state index in [-0.39, 0.29) is 0 Å². The molecular weight excluding hydrogens is 232 g/mol. The number of rotatable bonds is 3. The van der Waals surface area contributed by atoms with Crippen molar-refractivity contribution in [2.75, 3.05) is 12.5 Å². The maximum Gasteiger partial charge on any atom is 0.199 e. The quantitative estimate of drug-likeness (QED) is 0.660. The lowest BCUT2D eigenvalue weighted by atomic mass is 10.2. The van der Waals surface area contributed by atoms with Gasteiger partial charge in [0.15, 0.2) is 17.4 Å². The Morgan fingerprint density at radius 1 is 1.12 bits per heavy atom. The van der Waals surface area contributed by atoms with E-state index in [1.807, 2.05) is 59.5 Å². The van der Waals surface area contributed by atoms with Crippen LogP contribution in [0.5, 0.6) is 5.75 Å². The number of methoxy groups -OCH3 is 1. The fraction of sp³-hybridized carbons (Fsp3) is 0.0769. The lowest BCUT2D eigenvalue weighted by Gasteiger charge is -2.04. The molecule has 0 fully saturated rings. The maximum absolute atomic E-state index is 5.31. The molecule has 1 aromatic carbocycles. The SMILES string of the molecule is COc1ccc(C(=S)N[n+]2ccccc2)cc1. The Balaban J connectivity index is 2.09. The van der Waals surface area contributed by atoms with E-state index in [1.165, 1.54) is 0 Å². The van der Waals surface area contributed by atoms with Crippen LogP contribution >= 0.6 is 12.2 Å². The van der Waals surface area contributed by atoms with Gasteiger partial charge in [-0.15, -0.1) is 5.43 Å². The van der Waals surface area contributed by atoms with Crippen LogP contribution in [0.1, 0.15) is 5.56 Å². The third-order valence-corrected chi connectivity index (χ3v) is 2.63. The van der Waals surface area contributed by atoms with Gasteiger partial charge in [-0.1, -0.05) is 23.0 Å². The van der Waals surface area contributed by atoms with Gasteiger partial charge >= 0.3 is 0 Å². The highest BCUT2D eigenvalue weighted by molar-refractivity contribution is 7.81. The summed E-state index contributed by atoms with van der Waals surface area (Å²) in [5.41, 5.74) is 4.06. The molecule has 4 heteroatoms. The number of thiocarbonyl (C=S) groups is 1. The number of nitrogens with zero attached hydrogens (tertiary/aromatic N) is 1. The van der Waals surface area contributed by atoms with E-state index in [4.69, 9.17) is 17.0 Å². The van der Waals surface area contributed by atoms with Crippen LogP contribution in [0.4, 0.5) is 0 Å². The molecule has 0 amide bonds. The minimum absolute atomic E-state index is 0.670. The molecule has 1 N–H and O–H groups in total. The van der Waals surface area contributed by atoms with Crippen molar-refractivity contribution in [3.8, 4) is 5.75 Å². The van der Waals surface area contributed by atoms with Crippen LogP contribution in [0.2, 0.25) is 0 Å². The van der Waals surface area contributed by atoms with Gasteiger partial charge in [0.25, 0.3) is 0 Å². The monoisotopic (exact) mass is 245 g/mol. The summed E-state index contributed by atoms with van der Waals surface area (Å²) in [6, 6.07) is 13.5. The van der Waals surface area contributed by atoms with Gasteiger partial charge in [0, 0.05) is 17.7 Å². The topological polar surface area (TPSA) is 25.1 Å². The highest BCUT2D eigenvalue weighted by Gasteiger charge is 2.05. The Bertz CT molecular complexity index is 497. The molecule has 0 spiro atoms. The lowest BCUT2D eigenvalue weighted by Crippen LogP contribution is -2.47. The van der Waals surface area contributed by atoms with Gasteiger partial charge in [-0.3, -0.25) is 0 Å². The third kappa shape index (κ3) is 3.01. The zero-order chi connectivity index (χ0) is 12.1. The molecular formula is C13H13N2OS+. The van der Waals surface area contributed by atoms with Gasteiger partial charge in [-0.2, -0.15) is 0 Å². The van der Waals surface area contributed by atoms with Gasteiger partial charge in [0.05, 0.1) is 7.11 Å². The van der Waals surface area contributed by atoms with E-state index in [9.17, 15) is 0 Å². The molecule has 0 aliphatic rings. The zero-order valence-electron chi connectivity index (χ0n) is 9.46. The summed E-state index contributed by atoms with van der Waals surface area (Å²) in [6.45, 7) is 0. The van der Waals surface area contributed by atoms with Gasteiger partial charge in [0.2, 0.25) is 0 Å². The summed E-state index contributed by atoms with van der Waals surface area (Å²) in [6.07, 6.45) is 3.80. The van der Waals surface area contributed by atoms with Crippen molar-refractivity contribution >= 4 is 17.2 Å². The molecule has 0 aliphatic heterocycles. The number of ether oxygens (including phenoxy) is 1. The van der Waals surface area contributed by atoms with Gasteiger partial charge in [-0.05, 0) is 24.3 Å². The lowest BCUT2D eigenvalue weighted by molar-refractivity contribution is -0.639. The van der Waals surface area contributed by atoms with Crippen LogP contribution in [0.25, 0.3) is 0 Å². The Hall–Kier alpha value is -1.94. The zero-order valence-corrected chi connectivity index (χ0v) is 10.3. The number of aromatic nitrogens is 1. The molecule has 2 rings (SSSR count). The smallest absolute Gasteiger partial charge is 0.199 e. The first-order valence-corrected chi connectivity index (χ1v) is 5.62. The Kier molecular flexibility index (Phi) is 3.67. The van der Waals surface area contributed by atoms with Crippen molar-refractivity contribution in [1.29, 1.82) is 0 Å². The maximum atomic E-state index is 5.31. The molecule has 0 aliphatic carbocycles. The molecule has 86 valence electrons. The molecule has 1 aromatic heterocycles. The van der Waals surface area contributed by atoms with E-state index in [0.29, 0.717) is 4.99 Å². The molecule has 3 nitrogen and oxygen atoms in total. The van der Waals surface area contributed by atoms with Gasteiger partial charge < -0.3 is 4.74 Å². The number of nitrogens with one attached hydrogen (secondary N) is 1. The highest BCUT2D eigenvalue weighted by Crippen LogP contribution is 2.11. The molecule has 0 radical (unpaired) electrons. The molecule has 0 unspecified atom stereocenters. The molecule has 17 heavy (non-hydrogen) atoms. The normalized spacial score (nSPS) is 9.71. The largest absolute Gasteiger partial charge is 0.497 e. The summed E-state index contributed by atoms with van der Waals surface area (Å²) in [7, 11) is 1.64. The third-order valence-electron chi connectivity index (χ3n) is 2.30. The minimum Gasteiger partial charge on any atom is -0.497 e. The van der Waals surface area contributed by atoms with Crippen LogP contribution in [0.15, 0.2) is 54.9 Å². The van der Waals surface area contributed by atoms with Crippen LogP contribution in [0.3, 0.4) is 0 Å². The molecule has 0 bridgehead atoms. The van der Waals surface area contributed by atoms with Crippen molar-refractivity contribution in [2.45, 2.75) is 0 Å². The van der Waals surface area contributed by atoms with Crippen LogP contribution in [-0.4, -0.2) is 12.1 Å². The van der Waals surface area contributed by atoms with Crippen molar-refractivity contribution < 1.29 is 9.41 Å². The standard InChI is InChI=1S/C13H12N2OS/c1-16-12-7-5-11(6-8-12)13(17)14-15-9-3-2-4-10-15/h2-10H,1H3/p+1. The van der Waals surface area contributed by atoms with Crippen molar-refractivity contribution in [1.82, 2.24) is 0 Å². The van der Waals surface area contributed by atoms with E-state index >= 15 is 0 Å². The summed E-state index contributed by atoms with van der Waals surface area (Å²) < 4.78 is 6.91. The number of hydrogen-bond acceptors (Lipinski definition) is 2. The van der Waals surface area contributed by atoms with Crippen LogP contribution in [0, 0.1) is 0 Å². The average molecular weight is 245 g/mol. The van der Waals surface area contributed by atoms with Crippen molar-refractivity contribution in [3.63, 3.8) is 0 Å². The summed E-state index contributed by atoms with van der Waals surface area (Å²) in [5.74, 6) is 0.823. The molecule has 0 saturated carbocycles. The number of hydrogen-bond donors (Lipinski definition) is 1. The fourth-order valence-corrected chi connectivity index (χ4v) is 1.64. The summed E-state index contributed by atoms with van der Waals surface area (Å²) in [4.78, 5) is 0.670. The second-order valence-corrected chi connectivity index (χ2v) is 3.86. The molecule has 1 heterocycles. The predicted molar refractivity (Wildman–Crippen MR) is 70.7 cm³/mol. The molecule has 2 aromatic rings.